The van der Waals surface area contributed by atoms with Crippen molar-refractivity contribution in [1.82, 2.24) is 19.8 Å². The molecule has 1 saturated carbocycles. The van der Waals surface area contributed by atoms with Crippen LogP contribution in [0.1, 0.15) is 78.4 Å². The van der Waals surface area contributed by atoms with Gasteiger partial charge in [0, 0.05) is 25.7 Å². The summed E-state index contributed by atoms with van der Waals surface area (Å²) in [5, 5.41) is 3.10. The molecule has 3 aliphatic rings. The number of amides is 3. The summed E-state index contributed by atoms with van der Waals surface area (Å²) >= 11 is 6.23. The number of carbonyl (C=O) groups excluding carboxylic acids is 3. The second-order valence-corrected chi connectivity index (χ2v) is 11.1. The van der Waals surface area contributed by atoms with Gasteiger partial charge in [0.05, 0.1) is 22.5 Å². The molecule has 38 heavy (non-hydrogen) atoms. The molecule has 3 amide bonds. The number of hydrogen-bond acceptors (Lipinski definition) is 5. The van der Waals surface area contributed by atoms with Gasteiger partial charge < -0.3 is 25.4 Å². The average Bonchev–Trinajstić information content (AvgIpc) is 3.48. The zero-order chi connectivity index (χ0) is 26.9. The predicted octanol–water partition coefficient (Wildman–Crippen LogP) is 3.53. The van der Waals surface area contributed by atoms with E-state index < -0.39 is 23.0 Å². The van der Waals surface area contributed by atoms with Crippen LogP contribution in [0.25, 0.3) is 0 Å². The lowest BCUT2D eigenvalue weighted by molar-refractivity contribution is -0.127. The predicted molar refractivity (Wildman–Crippen MR) is 142 cm³/mol. The Hall–Kier alpha value is -2.98. The van der Waals surface area contributed by atoms with E-state index in [-0.39, 0.29) is 28.4 Å². The largest absolute Gasteiger partial charge is 0.364 e. The van der Waals surface area contributed by atoms with Gasteiger partial charge in [-0.05, 0) is 76.2 Å². The molecule has 3 fully saturated rings. The number of carbonyl (C=O) groups is 3. The Balaban J connectivity index is 1.23. The fourth-order valence-electron chi connectivity index (χ4n) is 6.29. The Labute approximate surface area is 226 Å². The SMILES string of the molecule is NC(=O)c1c(C(=O)NCCN2CCCCC2)ncn1C1CCC2(CC1)CCN(c1ccc(F)cc1Cl)C2=O. The van der Waals surface area contributed by atoms with Gasteiger partial charge in [-0.3, -0.25) is 14.4 Å². The van der Waals surface area contributed by atoms with Crippen LogP contribution in [0.15, 0.2) is 24.5 Å². The smallest absolute Gasteiger partial charge is 0.272 e. The van der Waals surface area contributed by atoms with Crippen molar-refractivity contribution in [2.45, 2.75) is 57.4 Å². The molecule has 1 spiro atoms. The van der Waals surface area contributed by atoms with Crippen molar-refractivity contribution in [2.75, 3.05) is 37.6 Å². The van der Waals surface area contributed by atoms with Crippen molar-refractivity contribution in [3.8, 4) is 0 Å². The summed E-state index contributed by atoms with van der Waals surface area (Å²) in [5.41, 5.74) is 5.87. The monoisotopic (exact) mass is 544 g/mol. The highest BCUT2D eigenvalue weighted by Crippen LogP contribution is 2.49. The van der Waals surface area contributed by atoms with Gasteiger partial charge in [-0.1, -0.05) is 18.0 Å². The second kappa shape index (κ2) is 11.0. The molecular formula is C27H34ClFN6O3. The molecule has 0 radical (unpaired) electrons. The lowest BCUT2D eigenvalue weighted by Crippen LogP contribution is -2.39. The number of aromatic nitrogens is 2. The Morgan fingerprint density at radius 3 is 2.55 bits per heavy atom. The van der Waals surface area contributed by atoms with Crippen LogP contribution in [0.3, 0.4) is 0 Å². The summed E-state index contributed by atoms with van der Waals surface area (Å²) < 4.78 is 15.2. The second-order valence-electron chi connectivity index (χ2n) is 10.7. The Morgan fingerprint density at radius 2 is 1.87 bits per heavy atom. The van der Waals surface area contributed by atoms with E-state index in [1.807, 2.05) is 0 Å². The van der Waals surface area contributed by atoms with Crippen molar-refractivity contribution in [3.63, 3.8) is 0 Å². The van der Waals surface area contributed by atoms with E-state index in [1.54, 1.807) is 15.5 Å². The van der Waals surface area contributed by atoms with E-state index in [9.17, 15) is 18.8 Å². The summed E-state index contributed by atoms with van der Waals surface area (Å²) in [6.45, 7) is 3.84. The number of benzene rings is 1. The number of piperidine rings is 1. The molecule has 3 heterocycles. The van der Waals surface area contributed by atoms with E-state index in [2.05, 4.69) is 15.2 Å². The van der Waals surface area contributed by atoms with E-state index in [1.165, 1.54) is 37.7 Å². The summed E-state index contributed by atoms with van der Waals surface area (Å²) in [5.74, 6) is -1.54. The van der Waals surface area contributed by atoms with Crippen LogP contribution in [0, 0.1) is 11.2 Å². The highest BCUT2D eigenvalue weighted by atomic mass is 35.5. The van der Waals surface area contributed by atoms with Crippen molar-refractivity contribution in [3.05, 3.63) is 46.8 Å². The first-order chi connectivity index (χ1) is 18.3. The van der Waals surface area contributed by atoms with Crippen molar-refractivity contribution < 1.29 is 18.8 Å². The van der Waals surface area contributed by atoms with E-state index >= 15 is 0 Å². The number of hydrogen-bond donors (Lipinski definition) is 2. The van der Waals surface area contributed by atoms with Gasteiger partial charge in [0.25, 0.3) is 11.8 Å². The van der Waals surface area contributed by atoms with Gasteiger partial charge >= 0.3 is 0 Å². The molecule has 0 unspecified atom stereocenters. The van der Waals surface area contributed by atoms with E-state index in [4.69, 9.17) is 17.3 Å². The molecule has 2 aromatic rings. The topological polar surface area (TPSA) is 114 Å². The quantitative estimate of drug-likeness (QED) is 0.553. The minimum absolute atomic E-state index is 0.000939. The molecular weight excluding hydrogens is 511 g/mol. The summed E-state index contributed by atoms with van der Waals surface area (Å²) in [6.07, 6.45) is 8.34. The fourth-order valence-corrected chi connectivity index (χ4v) is 6.56. The maximum Gasteiger partial charge on any atom is 0.272 e. The highest BCUT2D eigenvalue weighted by Gasteiger charge is 2.49. The number of rotatable bonds is 7. The number of halogens is 2. The number of likely N-dealkylation sites (tertiary alicyclic amines) is 1. The van der Waals surface area contributed by atoms with Crippen LogP contribution in [-0.2, 0) is 4.79 Å². The van der Waals surface area contributed by atoms with Crippen LogP contribution >= 0.6 is 11.6 Å². The third-order valence-corrected chi connectivity index (χ3v) is 8.73. The fraction of sp³-hybridized carbons (Fsp3) is 0.556. The Kier molecular flexibility index (Phi) is 7.72. The summed E-state index contributed by atoms with van der Waals surface area (Å²) in [4.78, 5) is 47.0. The molecule has 5 rings (SSSR count). The molecule has 0 atom stereocenters. The van der Waals surface area contributed by atoms with Crippen molar-refractivity contribution >= 4 is 35.0 Å². The van der Waals surface area contributed by atoms with Gasteiger partial charge in [-0.25, -0.2) is 9.37 Å². The number of imidazole rings is 1. The van der Waals surface area contributed by atoms with E-state index in [0.717, 1.165) is 19.6 Å². The van der Waals surface area contributed by atoms with Crippen LogP contribution in [-0.4, -0.2) is 64.9 Å². The molecule has 11 heteroatoms. The Bertz CT molecular complexity index is 1220. The standard InChI is InChI=1S/C27H34ClFN6O3/c28-20-16-18(29)4-5-21(20)34-14-10-27(26(34)38)8-6-19(7-9-27)35-17-32-22(23(35)24(30)36)25(37)31-11-15-33-12-2-1-3-13-33/h4-5,16-17,19H,1-3,6-15H2,(H2,30,36)(H,31,37). The first-order valence-corrected chi connectivity index (χ1v) is 13.8. The van der Waals surface area contributed by atoms with Gasteiger partial charge in [-0.2, -0.15) is 0 Å². The van der Waals surface area contributed by atoms with Crippen LogP contribution in [0.4, 0.5) is 10.1 Å². The van der Waals surface area contributed by atoms with Gasteiger partial charge in [-0.15, -0.1) is 0 Å². The first-order valence-electron chi connectivity index (χ1n) is 13.4. The average molecular weight is 545 g/mol. The molecule has 2 saturated heterocycles. The normalized spacial score (nSPS) is 24.2. The lowest BCUT2D eigenvalue weighted by Gasteiger charge is -2.36. The van der Waals surface area contributed by atoms with E-state index in [0.29, 0.717) is 50.9 Å². The minimum Gasteiger partial charge on any atom is -0.364 e. The number of nitrogens with zero attached hydrogens (tertiary/aromatic N) is 4. The highest BCUT2D eigenvalue weighted by molar-refractivity contribution is 6.34. The minimum atomic E-state index is -0.696. The zero-order valence-corrected chi connectivity index (χ0v) is 22.2. The lowest BCUT2D eigenvalue weighted by atomic mass is 9.71. The third-order valence-electron chi connectivity index (χ3n) is 8.42. The van der Waals surface area contributed by atoms with Gasteiger partial charge in [0.2, 0.25) is 5.91 Å². The van der Waals surface area contributed by atoms with Crippen LogP contribution < -0.4 is 16.0 Å². The maximum atomic E-state index is 13.5. The third kappa shape index (κ3) is 5.16. The number of nitrogens with two attached hydrogens (primary N) is 1. The Morgan fingerprint density at radius 1 is 1.13 bits per heavy atom. The molecule has 2 aliphatic heterocycles. The van der Waals surface area contributed by atoms with Gasteiger partial charge in [0.15, 0.2) is 5.69 Å². The summed E-state index contributed by atoms with van der Waals surface area (Å²) in [7, 11) is 0. The molecule has 3 N–H and O–H groups in total. The molecule has 1 aromatic carbocycles. The van der Waals surface area contributed by atoms with Crippen molar-refractivity contribution in [2.24, 2.45) is 11.1 Å². The molecule has 1 aromatic heterocycles. The molecule has 204 valence electrons. The van der Waals surface area contributed by atoms with Crippen LogP contribution in [0.5, 0.6) is 0 Å². The van der Waals surface area contributed by atoms with Crippen molar-refractivity contribution in [1.29, 1.82) is 0 Å². The number of nitrogens with one attached hydrogen (secondary N) is 1. The first kappa shape index (κ1) is 26.6. The zero-order valence-electron chi connectivity index (χ0n) is 21.4. The van der Waals surface area contributed by atoms with Crippen LogP contribution in [0.2, 0.25) is 5.02 Å². The maximum absolute atomic E-state index is 13.5. The number of anilines is 1. The molecule has 1 aliphatic carbocycles. The van der Waals surface area contributed by atoms with Gasteiger partial charge in [0.1, 0.15) is 11.5 Å². The number of primary amides is 1. The summed E-state index contributed by atoms with van der Waals surface area (Å²) in [6, 6.07) is 3.98. The molecule has 9 nitrogen and oxygen atoms in total. The molecule has 0 bridgehead atoms.